The Bertz CT molecular complexity index is 912. The van der Waals surface area contributed by atoms with Crippen molar-refractivity contribution >= 4 is 22.1 Å². The van der Waals surface area contributed by atoms with Gasteiger partial charge >= 0.3 is 53.6 Å². The van der Waals surface area contributed by atoms with E-state index in [0.29, 0.717) is 12.3 Å². The van der Waals surface area contributed by atoms with Crippen molar-refractivity contribution in [1.82, 2.24) is 0 Å². The van der Waals surface area contributed by atoms with Gasteiger partial charge in [0.25, 0.3) is 0 Å². The van der Waals surface area contributed by atoms with Crippen LogP contribution >= 0.6 is 0 Å². The van der Waals surface area contributed by atoms with Crippen LogP contribution in [0.1, 0.15) is 100 Å². The summed E-state index contributed by atoms with van der Waals surface area (Å²) in [5, 5.41) is -2.44. The molecule has 0 fully saturated rings. The number of carbonyl (C=O) groups excluding carboxylic acids is 2. The minimum Gasteiger partial charge on any atom is -0.747 e. The normalized spacial score (nSPS) is 16.2. The van der Waals surface area contributed by atoms with E-state index in [4.69, 9.17) is 4.74 Å². The van der Waals surface area contributed by atoms with Crippen LogP contribution in [-0.4, -0.2) is 55.5 Å². The standard InChI is InChI=1S/C27H47F5O7S.Na/c1-18(15-24(3,4)5)10-11-20(19(2)16-25(6,7)8)17-39-23(34)21(40(35,36)37)14-22(33)38-13-9-12-26(28,29)27(30,31)32;/h18-21H,9-17H2,1-8H3,(H,35,36,37);/q;+1/p-1. The number of hydrogen-bond acceptors (Lipinski definition) is 7. The van der Waals surface area contributed by atoms with Gasteiger partial charge in [0.05, 0.1) is 19.6 Å². The molecule has 0 aliphatic heterocycles. The van der Waals surface area contributed by atoms with E-state index in [-0.39, 0.29) is 58.8 Å². The Hall–Kier alpha value is -0.500. The van der Waals surface area contributed by atoms with Crippen LogP contribution in [0.25, 0.3) is 0 Å². The van der Waals surface area contributed by atoms with E-state index in [0.717, 1.165) is 19.3 Å². The van der Waals surface area contributed by atoms with Crippen LogP contribution in [0.15, 0.2) is 0 Å². The van der Waals surface area contributed by atoms with Gasteiger partial charge in [0.2, 0.25) is 0 Å². The first-order valence-corrected chi connectivity index (χ1v) is 14.9. The monoisotopic (exact) mass is 632 g/mol. The van der Waals surface area contributed by atoms with Crippen molar-refractivity contribution in [2.24, 2.45) is 28.6 Å². The van der Waals surface area contributed by atoms with Gasteiger partial charge in [0.1, 0.15) is 10.1 Å². The van der Waals surface area contributed by atoms with Gasteiger partial charge in [-0.15, -0.1) is 0 Å². The third kappa shape index (κ3) is 18.7. The van der Waals surface area contributed by atoms with Crippen LogP contribution in [0, 0.1) is 28.6 Å². The second-order valence-electron chi connectivity index (χ2n) is 13.3. The zero-order valence-electron chi connectivity index (χ0n) is 25.8. The van der Waals surface area contributed by atoms with Gasteiger partial charge in [-0.25, -0.2) is 8.42 Å². The van der Waals surface area contributed by atoms with Gasteiger partial charge in [-0.3, -0.25) is 9.59 Å². The minimum absolute atomic E-state index is 0. The van der Waals surface area contributed by atoms with Crippen LogP contribution in [0.4, 0.5) is 22.0 Å². The topological polar surface area (TPSA) is 110 Å². The number of ether oxygens (including phenoxy) is 2. The molecule has 41 heavy (non-hydrogen) atoms. The Morgan fingerprint density at radius 3 is 1.80 bits per heavy atom. The molecule has 4 atom stereocenters. The Kier molecular flexibility index (Phi) is 17.8. The fourth-order valence-electron chi connectivity index (χ4n) is 4.73. The molecule has 0 N–H and O–H groups in total. The predicted octanol–water partition coefficient (Wildman–Crippen LogP) is 3.90. The molecule has 0 rings (SSSR count). The summed E-state index contributed by atoms with van der Waals surface area (Å²) in [5.41, 5.74) is 0.0926. The first kappa shape index (κ1) is 42.6. The van der Waals surface area contributed by atoms with Crippen molar-refractivity contribution < 1.29 is 83.5 Å². The quantitative estimate of drug-likeness (QED) is 0.0835. The zero-order valence-corrected chi connectivity index (χ0v) is 28.6. The van der Waals surface area contributed by atoms with Crippen LogP contribution in [0.3, 0.4) is 0 Å². The number of halogens is 5. The van der Waals surface area contributed by atoms with Crippen molar-refractivity contribution in [2.45, 2.75) is 118 Å². The average Bonchev–Trinajstić information content (AvgIpc) is 2.70. The molecule has 0 spiro atoms. The van der Waals surface area contributed by atoms with Crippen LogP contribution < -0.4 is 29.6 Å². The smallest absolute Gasteiger partial charge is 0.747 e. The van der Waals surface area contributed by atoms with Crippen molar-refractivity contribution in [3.05, 3.63) is 0 Å². The molecule has 0 radical (unpaired) electrons. The number of esters is 2. The van der Waals surface area contributed by atoms with E-state index in [9.17, 15) is 44.5 Å². The maximum atomic E-state index is 12.9. The van der Waals surface area contributed by atoms with Crippen molar-refractivity contribution in [1.29, 1.82) is 0 Å². The SMILES string of the molecule is CC(CCC(COC(=O)C(CC(=O)OCCCC(F)(F)C(F)(F)F)S(=O)(=O)[O-])C(C)CC(C)(C)C)CC(C)(C)C.[Na+]. The van der Waals surface area contributed by atoms with Gasteiger partial charge in [-0.05, 0) is 54.3 Å². The van der Waals surface area contributed by atoms with Gasteiger partial charge < -0.3 is 14.0 Å². The van der Waals surface area contributed by atoms with Crippen LogP contribution in [0.5, 0.6) is 0 Å². The Morgan fingerprint density at radius 1 is 0.854 bits per heavy atom. The predicted molar refractivity (Wildman–Crippen MR) is 139 cm³/mol. The largest absolute Gasteiger partial charge is 1.00 e. The molecule has 4 unspecified atom stereocenters. The third-order valence-electron chi connectivity index (χ3n) is 6.45. The summed E-state index contributed by atoms with van der Waals surface area (Å²) in [7, 11) is -5.37. The zero-order chi connectivity index (χ0) is 31.7. The molecular formula is C27H46F5NaO7S. The third-order valence-corrected chi connectivity index (χ3v) is 7.50. The Balaban J connectivity index is 0. The van der Waals surface area contributed by atoms with E-state index >= 15 is 0 Å². The molecule has 0 bridgehead atoms. The molecule has 0 saturated heterocycles. The molecule has 0 aromatic rings. The van der Waals surface area contributed by atoms with E-state index < -0.39 is 65.3 Å². The van der Waals surface area contributed by atoms with Gasteiger partial charge in [0, 0.05) is 6.42 Å². The van der Waals surface area contributed by atoms with E-state index in [1.807, 2.05) is 6.92 Å². The fraction of sp³-hybridized carbons (Fsp3) is 0.926. The summed E-state index contributed by atoms with van der Waals surface area (Å²) in [6.45, 7) is 15.7. The minimum atomic E-state index is -5.77. The Labute approximate surface area is 264 Å². The van der Waals surface area contributed by atoms with Crippen molar-refractivity contribution in [2.75, 3.05) is 13.2 Å². The maximum absolute atomic E-state index is 12.9. The summed E-state index contributed by atoms with van der Waals surface area (Å²) in [6.07, 6.45) is -6.28. The molecule has 0 aliphatic carbocycles. The molecule has 14 heteroatoms. The van der Waals surface area contributed by atoms with Gasteiger partial charge in [-0.1, -0.05) is 61.8 Å². The second-order valence-corrected chi connectivity index (χ2v) is 14.8. The molecule has 0 amide bonds. The molecular weight excluding hydrogens is 586 g/mol. The molecule has 0 aromatic heterocycles. The number of alkyl halides is 5. The molecule has 0 heterocycles. The summed E-state index contributed by atoms with van der Waals surface area (Å²) in [5.74, 6) is -7.54. The van der Waals surface area contributed by atoms with Gasteiger partial charge in [0.15, 0.2) is 5.25 Å². The summed E-state index contributed by atoms with van der Waals surface area (Å²) in [4.78, 5) is 24.6. The van der Waals surface area contributed by atoms with Gasteiger partial charge in [-0.2, -0.15) is 22.0 Å². The molecule has 0 saturated carbocycles. The fourth-order valence-corrected chi connectivity index (χ4v) is 5.37. The average molecular weight is 633 g/mol. The van der Waals surface area contributed by atoms with Crippen LogP contribution in [-0.2, 0) is 29.2 Å². The molecule has 0 aromatic carbocycles. The number of rotatable bonds is 16. The summed E-state index contributed by atoms with van der Waals surface area (Å²) < 4.78 is 107. The number of hydrogen-bond donors (Lipinski definition) is 0. The second kappa shape index (κ2) is 17.1. The summed E-state index contributed by atoms with van der Waals surface area (Å²) >= 11 is 0. The first-order chi connectivity index (χ1) is 17.7. The Morgan fingerprint density at radius 2 is 1.37 bits per heavy atom. The van der Waals surface area contributed by atoms with Crippen molar-refractivity contribution in [3.8, 4) is 0 Å². The first-order valence-electron chi connectivity index (χ1n) is 13.5. The van der Waals surface area contributed by atoms with E-state index in [1.54, 1.807) is 0 Å². The maximum Gasteiger partial charge on any atom is 1.00 e. The van der Waals surface area contributed by atoms with E-state index in [1.165, 1.54) is 0 Å². The molecule has 0 aliphatic rings. The molecule has 7 nitrogen and oxygen atoms in total. The molecule has 238 valence electrons. The summed E-state index contributed by atoms with van der Waals surface area (Å²) in [6, 6.07) is 0. The number of carbonyl (C=O) groups is 2. The van der Waals surface area contributed by atoms with E-state index in [2.05, 4.69) is 53.2 Å². The van der Waals surface area contributed by atoms with Crippen molar-refractivity contribution in [3.63, 3.8) is 0 Å². The van der Waals surface area contributed by atoms with Crippen LogP contribution in [0.2, 0.25) is 0 Å².